The smallest absolute Gasteiger partial charge is 0.171 e. The van der Waals surface area contributed by atoms with Crippen LogP contribution in [0.3, 0.4) is 0 Å². The van der Waals surface area contributed by atoms with Crippen LogP contribution in [-0.2, 0) is 13.2 Å². The number of aryl methyl sites for hydroxylation is 1. The van der Waals surface area contributed by atoms with Gasteiger partial charge in [-0.3, -0.25) is 0 Å². The van der Waals surface area contributed by atoms with Crippen molar-refractivity contribution < 1.29 is 9.94 Å². The topological polar surface area (TPSA) is 98.5 Å². The number of aromatic nitrogens is 3. The molecule has 0 saturated heterocycles. The largest absolute Gasteiger partial charge is 0.486 e. The lowest BCUT2D eigenvalue weighted by Crippen LogP contribution is -2.13. The van der Waals surface area contributed by atoms with Crippen molar-refractivity contribution in [3.63, 3.8) is 0 Å². The highest BCUT2D eigenvalue weighted by atomic mass is 35.5. The summed E-state index contributed by atoms with van der Waals surface area (Å²) in [5, 5.41) is 15.9. The molecule has 0 amide bonds. The van der Waals surface area contributed by atoms with Crippen molar-refractivity contribution in [1.82, 2.24) is 14.8 Å². The summed E-state index contributed by atoms with van der Waals surface area (Å²) in [5.74, 6) is 1.24. The normalized spacial score (nSPS) is 11.6. The summed E-state index contributed by atoms with van der Waals surface area (Å²) in [6, 6.07) is 4.91. The third-order valence-corrected chi connectivity index (χ3v) is 3.00. The van der Waals surface area contributed by atoms with Crippen LogP contribution in [0.1, 0.15) is 18.3 Å². The monoisotopic (exact) mass is 295 g/mol. The van der Waals surface area contributed by atoms with Gasteiger partial charge in [-0.1, -0.05) is 16.8 Å². The zero-order chi connectivity index (χ0) is 14.5. The molecule has 1 aromatic heterocycles. The fourth-order valence-corrected chi connectivity index (χ4v) is 1.93. The second-order valence-corrected chi connectivity index (χ2v) is 4.31. The summed E-state index contributed by atoms with van der Waals surface area (Å²) >= 11 is 6.04. The van der Waals surface area contributed by atoms with E-state index in [0.29, 0.717) is 16.3 Å². The quantitative estimate of drug-likeness (QED) is 0.378. The first-order chi connectivity index (χ1) is 9.65. The van der Waals surface area contributed by atoms with Crippen LogP contribution in [0.25, 0.3) is 0 Å². The van der Waals surface area contributed by atoms with Crippen molar-refractivity contribution in [2.24, 2.45) is 10.9 Å². The summed E-state index contributed by atoms with van der Waals surface area (Å²) in [7, 11) is 0. The number of nitrogens with zero attached hydrogens (tertiary/aromatic N) is 4. The number of rotatable bonds is 5. The van der Waals surface area contributed by atoms with Crippen LogP contribution in [0.15, 0.2) is 29.7 Å². The molecule has 0 bridgehead atoms. The molecule has 1 aromatic carbocycles. The Kier molecular flexibility index (Phi) is 4.41. The van der Waals surface area contributed by atoms with E-state index in [2.05, 4.69) is 15.2 Å². The number of nitrogens with two attached hydrogens (primary N) is 1. The molecular weight excluding hydrogens is 282 g/mol. The van der Waals surface area contributed by atoms with Crippen molar-refractivity contribution in [2.45, 2.75) is 20.1 Å². The van der Waals surface area contributed by atoms with Gasteiger partial charge in [0.1, 0.15) is 18.7 Å². The van der Waals surface area contributed by atoms with Crippen LogP contribution >= 0.6 is 11.6 Å². The van der Waals surface area contributed by atoms with Gasteiger partial charge in [0.05, 0.1) is 5.02 Å². The van der Waals surface area contributed by atoms with E-state index in [0.717, 1.165) is 12.4 Å². The van der Waals surface area contributed by atoms with Crippen molar-refractivity contribution in [3.05, 3.63) is 40.9 Å². The molecule has 0 saturated carbocycles. The SMILES string of the molecule is CCn1ncnc1COc1ccc(/C(N)=N/O)c(Cl)c1. The van der Waals surface area contributed by atoms with E-state index >= 15 is 0 Å². The molecular formula is C12H14ClN5O2. The van der Waals surface area contributed by atoms with Crippen LogP contribution in [0, 0.1) is 0 Å². The highest BCUT2D eigenvalue weighted by molar-refractivity contribution is 6.34. The van der Waals surface area contributed by atoms with Crippen molar-refractivity contribution in [3.8, 4) is 5.75 Å². The van der Waals surface area contributed by atoms with E-state index in [1.807, 2.05) is 6.92 Å². The summed E-state index contributed by atoms with van der Waals surface area (Å²) < 4.78 is 7.33. The number of hydrogen-bond donors (Lipinski definition) is 2. The Morgan fingerprint density at radius 2 is 2.35 bits per heavy atom. The lowest BCUT2D eigenvalue weighted by atomic mass is 10.2. The molecule has 0 aliphatic heterocycles. The molecule has 2 rings (SSSR count). The maximum Gasteiger partial charge on any atom is 0.171 e. The van der Waals surface area contributed by atoms with E-state index in [1.54, 1.807) is 22.9 Å². The molecule has 3 N–H and O–H groups in total. The van der Waals surface area contributed by atoms with Gasteiger partial charge >= 0.3 is 0 Å². The second-order valence-electron chi connectivity index (χ2n) is 3.91. The fourth-order valence-electron chi connectivity index (χ4n) is 1.66. The zero-order valence-electron chi connectivity index (χ0n) is 10.8. The summed E-state index contributed by atoms with van der Waals surface area (Å²) in [6.07, 6.45) is 1.48. The molecule has 8 heteroatoms. The maximum absolute atomic E-state index is 8.62. The highest BCUT2D eigenvalue weighted by Gasteiger charge is 2.08. The van der Waals surface area contributed by atoms with Crippen LogP contribution in [0.4, 0.5) is 0 Å². The Morgan fingerprint density at radius 3 is 3.00 bits per heavy atom. The maximum atomic E-state index is 8.62. The van der Waals surface area contributed by atoms with Gasteiger partial charge in [-0.05, 0) is 25.1 Å². The first-order valence-corrected chi connectivity index (χ1v) is 6.30. The van der Waals surface area contributed by atoms with Gasteiger partial charge in [0.2, 0.25) is 0 Å². The van der Waals surface area contributed by atoms with Crippen LogP contribution in [0.2, 0.25) is 5.02 Å². The van der Waals surface area contributed by atoms with E-state index in [4.69, 9.17) is 27.3 Å². The van der Waals surface area contributed by atoms with E-state index in [9.17, 15) is 0 Å². The van der Waals surface area contributed by atoms with Gasteiger partial charge in [0.25, 0.3) is 0 Å². The third-order valence-electron chi connectivity index (χ3n) is 2.69. The molecule has 0 atom stereocenters. The van der Waals surface area contributed by atoms with Gasteiger partial charge < -0.3 is 15.7 Å². The summed E-state index contributed by atoms with van der Waals surface area (Å²) in [6.45, 7) is 2.98. The Balaban J connectivity index is 2.09. The van der Waals surface area contributed by atoms with Gasteiger partial charge in [-0.15, -0.1) is 0 Å². The Labute approximate surface area is 120 Å². The van der Waals surface area contributed by atoms with Gasteiger partial charge in [0.15, 0.2) is 11.7 Å². The van der Waals surface area contributed by atoms with Gasteiger partial charge in [-0.25, -0.2) is 9.67 Å². The molecule has 7 nitrogen and oxygen atoms in total. The third kappa shape index (κ3) is 3.00. The van der Waals surface area contributed by atoms with E-state index in [-0.39, 0.29) is 12.4 Å². The predicted molar refractivity (Wildman–Crippen MR) is 74.0 cm³/mol. The molecule has 2 aromatic rings. The standard InChI is InChI=1S/C12H14ClN5O2/c1-2-18-11(15-7-16-18)6-20-8-3-4-9(10(13)5-8)12(14)17-19/h3-5,7,19H,2,6H2,1H3,(H2,14,17). The molecule has 0 unspecified atom stereocenters. The molecule has 106 valence electrons. The summed E-state index contributed by atoms with van der Waals surface area (Å²) in [4.78, 5) is 4.11. The first kappa shape index (κ1) is 14.1. The number of benzene rings is 1. The predicted octanol–water partition coefficient (Wildman–Crippen LogP) is 1.62. The minimum absolute atomic E-state index is 0.0488. The minimum Gasteiger partial charge on any atom is -0.486 e. The number of amidine groups is 1. The Bertz CT molecular complexity index is 626. The molecule has 20 heavy (non-hydrogen) atoms. The van der Waals surface area contributed by atoms with E-state index in [1.165, 1.54) is 6.33 Å². The number of halogens is 1. The molecule has 0 fully saturated rings. The zero-order valence-corrected chi connectivity index (χ0v) is 11.6. The van der Waals surface area contributed by atoms with Crippen molar-refractivity contribution >= 4 is 17.4 Å². The number of oxime groups is 1. The molecule has 1 heterocycles. The van der Waals surface area contributed by atoms with Crippen molar-refractivity contribution in [2.75, 3.05) is 0 Å². The number of hydrogen-bond acceptors (Lipinski definition) is 5. The molecule has 0 radical (unpaired) electrons. The van der Waals surface area contributed by atoms with Crippen molar-refractivity contribution in [1.29, 1.82) is 0 Å². The summed E-state index contributed by atoms with van der Waals surface area (Å²) in [5.41, 5.74) is 5.93. The van der Waals surface area contributed by atoms with Crippen LogP contribution < -0.4 is 10.5 Å². The number of ether oxygens (including phenoxy) is 1. The lowest BCUT2D eigenvalue weighted by Gasteiger charge is -2.08. The average Bonchev–Trinajstić information content (AvgIpc) is 2.92. The van der Waals surface area contributed by atoms with E-state index < -0.39 is 0 Å². The highest BCUT2D eigenvalue weighted by Crippen LogP contribution is 2.23. The van der Waals surface area contributed by atoms with Crippen LogP contribution in [-0.4, -0.2) is 25.8 Å². The Morgan fingerprint density at radius 1 is 1.55 bits per heavy atom. The lowest BCUT2D eigenvalue weighted by molar-refractivity contribution is 0.287. The minimum atomic E-state index is -0.0488. The molecule has 0 spiro atoms. The van der Waals surface area contributed by atoms with Crippen LogP contribution in [0.5, 0.6) is 5.75 Å². The molecule has 0 aliphatic carbocycles. The first-order valence-electron chi connectivity index (χ1n) is 5.92. The van der Waals surface area contributed by atoms with Gasteiger partial charge in [-0.2, -0.15) is 5.10 Å². The molecule has 0 aliphatic rings. The second kappa shape index (κ2) is 6.25. The van der Waals surface area contributed by atoms with Gasteiger partial charge in [0, 0.05) is 12.1 Å². The fraction of sp³-hybridized carbons (Fsp3) is 0.250. The average molecular weight is 296 g/mol. The Hall–Kier alpha value is -2.28.